The highest BCUT2D eigenvalue weighted by atomic mass is 35.5. The third-order valence-electron chi connectivity index (χ3n) is 2.76. The predicted molar refractivity (Wildman–Crippen MR) is 85.5 cm³/mol. The van der Waals surface area contributed by atoms with Crippen molar-refractivity contribution in [2.24, 2.45) is 5.92 Å². The zero-order chi connectivity index (χ0) is 15.4. The molecule has 1 aromatic heterocycles. The van der Waals surface area contributed by atoms with Crippen molar-refractivity contribution in [1.82, 2.24) is 9.78 Å². The van der Waals surface area contributed by atoms with E-state index in [-0.39, 0.29) is 5.75 Å². The van der Waals surface area contributed by atoms with Crippen LogP contribution in [0.2, 0.25) is 5.02 Å². The summed E-state index contributed by atoms with van der Waals surface area (Å²) in [7, 11) is 0. The average molecular weight is 325 g/mol. The Labute approximate surface area is 133 Å². The Balaban J connectivity index is 2.33. The maximum absolute atomic E-state index is 10.8. The van der Waals surface area contributed by atoms with Gasteiger partial charge in [0.25, 0.3) is 0 Å². The first-order valence-electron chi connectivity index (χ1n) is 6.65. The van der Waals surface area contributed by atoms with Gasteiger partial charge in [-0.05, 0) is 42.7 Å². The van der Waals surface area contributed by atoms with Gasteiger partial charge in [-0.2, -0.15) is 5.10 Å². The van der Waals surface area contributed by atoms with E-state index in [4.69, 9.17) is 16.7 Å². The summed E-state index contributed by atoms with van der Waals surface area (Å²) in [6, 6.07) is 9.31. The van der Waals surface area contributed by atoms with Gasteiger partial charge in [0.1, 0.15) is 5.03 Å². The van der Waals surface area contributed by atoms with E-state index in [2.05, 4.69) is 18.9 Å². The van der Waals surface area contributed by atoms with Gasteiger partial charge in [0.2, 0.25) is 0 Å². The molecule has 0 saturated carbocycles. The van der Waals surface area contributed by atoms with Crippen molar-refractivity contribution in [3.8, 4) is 5.69 Å². The van der Waals surface area contributed by atoms with Gasteiger partial charge >= 0.3 is 5.97 Å². The fourth-order valence-electron chi connectivity index (χ4n) is 1.93. The fraction of sp³-hybridized carbons (Fsp3) is 0.333. The van der Waals surface area contributed by atoms with E-state index >= 15 is 0 Å². The molecule has 1 heterocycles. The van der Waals surface area contributed by atoms with Crippen LogP contribution in [0.1, 0.15) is 19.5 Å². The van der Waals surface area contributed by atoms with Crippen molar-refractivity contribution in [1.29, 1.82) is 0 Å². The van der Waals surface area contributed by atoms with Gasteiger partial charge in [-0.15, -0.1) is 0 Å². The minimum Gasteiger partial charge on any atom is -0.481 e. The predicted octanol–water partition coefficient (Wildman–Crippen LogP) is 3.90. The normalized spacial score (nSPS) is 11.0. The lowest BCUT2D eigenvalue weighted by atomic mass is 10.1. The summed E-state index contributed by atoms with van der Waals surface area (Å²) in [6.45, 7) is 4.26. The molecule has 1 N–H and O–H groups in total. The highest BCUT2D eigenvalue weighted by Gasteiger charge is 2.12. The number of benzene rings is 1. The van der Waals surface area contributed by atoms with Crippen molar-refractivity contribution in [2.75, 3.05) is 5.75 Å². The molecule has 0 saturated heterocycles. The highest BCUT2D eigenvalue weighted by Crippen LogP contribution is 2.25. The number of carboxylic acid groups (broad SMARTS) is 1. The monoisotopic (exact) mass is 324 g/mol. The Morgan fingerprint density at radius 2 is 2.05 bits per heavy atom. The molecule has 0 spiro atoms. The Morgan fingerprint density at radius 1 is 1.38 bits per heavy atom. The summed E-state index contributed by atoms with van der Waals surface area (Å²) in [5, 5.41) is 14.9. The van der Waals surface area contributed by atoms with E-state index in [9.17, 15) is 4.79 Å². The van der Waals surface area contributed by atoms with Crippen LogP contribution < -0.4 is 0 Å². The maximum atomic E-state index is 10.8. The van der Waals surface area contributed by atoms with Crippen LogP contribution >= 0.6 is 23.4 Å². The molecule has 0 aliphatic carbocycles. The van der Waals surface area contributed by atoms with E-state index in [1.165, 1.54) is 11.8 Å². The van der Waals surface area contributed by atoms with Crippen LogP contribution in [-0.2, 0) is 11.2 Å². The summed E-state index contributed by atoms with van der Waals surface area (Å²) in [5.41, 5.74) is 1.84. The minimum absolute atomic E-state index is 0.0143. The third kappa shape index (κ3) is 4.51. The van der Waals surface area contributed by atoms with E-state index in [0.717, 1.165) is 22.8 Å². The lowest BCUT2D eigenvalue weighted by Gasteiger charge is -2.06. The molecule has 21 heavy (non-hydrogen) atoms. The Hall–Kier alpha value is -1.46. The summed E-state index contributed by atoms with van der Waals surface area (Å²) < 4.78 is 1.78. The van der Waals surface area contributed by atoms with Crippen LogP contribution in [0.25, 0.3) is 5.69 Å². The highest BCUT2D eigenvalue weighted by molar-refractivity contribution is 7.99. The number of thioether (sulfide) groups is 1. The number of aliphatic carboxylic acids is 1. The second kappa shape index (κ2) is 7.00. The number of hydrogen-bond donors (Lipinski definition) is 1. The Morgan fingerprint density at radius 3 is 2.62 bits per heavy atom. The number of halogens is 1. The van der Waals surface area contributed by atoms with Crippen LogP contribution in [-0.4, -0.2) is 26.6 Å². The molecule has 0 bridgehead atoms. The topological polar surface area (TPSA) is 55.1 Å². The molecule has 2 rings (SSSR count). The lowest BCUT2D eigenvalue weighted by Crippen LogP contribution is -2.02. The summed E-state index contributed by atoms with van der Waals surface area (Å²) >= 11 is 7.17. The van der Waals surface area contributed by atoms with Gasteiger partial charge in [-0.1, -0.05) is 37.2 Å². The third-order valence-corrected chi connectivity index (χ3v) is 3.99. The lowest BCUT2D eigenvalue weighted by molar-refractivity contribution is -0.133. The van der Waals surface area contributed by atoms with Crippen molar-refractivity contribution in [3.05, 3.63) is 41.0 Å². The van der Waals surface area contributed by atoms with E-state index in [1.807, 2.05) is 18.2 Å². The van der Waals surface area contributed by atoms with Crippen LogP contribution in [0.5, 0.6) is 0 Å². The summed E-state index contributed by atoms with van der Waals surface area (Å²) in [4.78, 5) is 10.8. The van der Waals surface area contributed by atoms with Gasteiger partial charge in [0, 0.05) is 5.02 Å². The van der Waals surface area contributed by atoms with Crippen molar-refractivity contribution >= 4 is 29.3 Å². The average Bonchev–Trinajstić information content (AvgIpc) is 2.79. The molecule has 0 amide bonds. The van der Waals surface area contributed by atoms with Crippen molar-refractivity contribution in [3.63, 3.8) is 0 Å². The number of carboxylic acids is 1. The zero-order valence-electron chi connectivity index (χ0n) is 11.9. The van der Waals surface area contributed by atoms with Crippen LogP contribution in [0.15, 0.2) is 35.4 Å². The summed E-state index contributed by atoms with van der Waals surface area (Å²) in [6.07, 6.45) is 0.862. The molecule has 2 aromatic rings. The number of rotatable bonds is 6. The standard InChI is InChI=1S/C15H17ClN2O2S/c1-10(2)7-12-8-14(21-9-15(19)20)18(17-12)13-5-3-11(16)4-6-13/h3-6,8,10H,7,9H2,1-2H3,(H,19,20). The summed E-state index contributed by atoms with van der Waals surface area (Å²) in [5.74, 6) is -0.328. The molecule has 112 valence electrons. The molecule has 0 aliphatic rings. The van der Waals surface area contributed by atoms with Gasteiger partial charge in [-0.25, -0.2) is 4.68 Å². The maximum Gasteiger partial charge on any atom is 0.313 e. The Kier molecular flexibility index (Phi) is 5.31. The first kappa shape index (κ1) is 15.9. The molecular formula is C15H17ClN2O2S. The molecular weight excluding hydrogens is 308 g/mol. The first-order chi connectivity index (χ1) is 9.95. The molecule has 4 nitrogen and oxygen atoms in total. The largest absolute Gasteiger partial charge is 0.481 e. The molecule has 0 aliphatic heterocycles. The second-order valence-corrected chi connectivity index (χ2v) is 6.57. The molecule has 0 unspecified atom stereocenters. The number of aromatic nitrogens is 2. The molecule has 0 fully saturated rings. The number of carbonyl (C=O) groups is 1. The van der Waals surface area contributed by atoms with Crippen LogP contribution in [0.3, 0.4) is 0 Å². The smallest absolute Gasteiger partial charge is 0.313 e. The SMILES string of the molecule is CC(C)Cc1cc(SCC(=O)O)n(-c2ccc(Cl)cc2)n1. The Bertz CT molecular complexity index is 623. The first-order valence-corrected chi connectivity index (χ1v) is 8.01. The molecule has 6 heteroatoms. The fourth-order valence-corrected chi connectivity index (χ4v) is 2.82. The molecule has 0 atom stereocenters. The van der Waals surface area contributed by atoms with E-state index in [0.29, 0.717) is 10.9 Å². The second-order valence-electron chi connectivity index (χ2n) is 5.14. The molecule has 1 aromatic carbocycles. The van der Waals surface area contributed by atoms with Gasteiger partial charge < -0.3 is 5.11 Å². The molecule has 0 radical (unpaired) electrons. The van der Waals surface area contributed by atoms with E-state index in [1.54, 1.807) is 16.8 Å². The van der Waals surface area contributed by atoms with Crippen molar-refractivity contribution in [2.45, 2.75) is 25.3 Å². The van der Waals surface area contributed by atoms with Crippen molar-refractivity contribution < 1.29 is 9.90 Å². The minimum atomic E-state index is -0.839. The number of hydrogen-bond acceptors (Lipinski definition) is 3. The van der Waals surface area contributed by atoms with E-state index < -0.39 is 5.97 Å². The van der Waals surface area contributed by atoms with Crippen LogP contribution in [0, 0.1) is 5.92 Å². The van der Waals surface area contributed by atoms with Gasteiger partial charge in [-0.3, -0.25) is 4.79 Å². The zero-order valence-corrected chi connectivity index (χ0v) is 13.5. The van der Waals surface area contributed by atoms with Crippen LogP contribution in [0.4, 0.5) is 0 Å². The number of nitrogens with zero attached hydrogens (tertiary/aromatic N) is 2. The van der Waals surface area contributed by atoms with Gasteiger partial charge in [0.05, 0.1) is 17.1 Å². The quantitative estimate of drug-likeness (QED) is 0.819. The van der Waals surface area contributed by atoms with Gasteiger partial charge in [0.15, 0.2) is 0 Å².